The first-order valence-corrected chi connectivity index (χ1v) is 12.2. The summed E-state index contributed by atoms with van der Waals surface area (Å²) in [5.74, 6) is 0.462. The van der Waals surface area contributed by atoms with Crippen molar-refractivity contribution in [3.05, 3.63) is 71.0 Å². The SMILES string of the molecule is COc1cc(NC(=O)c2cc(C)n(-c3cccc(C(C)C)c3)c2C)ccc1NS(C)(=O)=O. The lowest BCUT2D eigenvalue weighted by molar-refractivity contribution is 0.102. The van der Waals surface area contributed by atoms with Gasteiger partial charge >= 0.3 is 0 Å². The number of sulfonamides is 1. The third kappa shape index (κ3) is 5.13. The van der Waals surface area contributed by atoms with Crippen LogP contribution in [0.3, 0.4) is 0 Å². The molecule has 1 aromatic heterocycles. The van der Waals surface area contributed by atoms with Crippen LogP contribution in [0, 0.1) is 13.8 Å². The van der Waals surface area contributed by atoms with Crippen LogP contribution in [-0.4, -0.2) is 32.3 Å². The monoisotopic (exact) mass is 455 g/mol. The van der Waals surface area contributed by atoms with Gasteiger partial charge in [0.2, 0.25) is 10.0 Å². The molecule has 32 heavy (non-hydrogen) atoms. The van der Waals surface area contributed by atoms with E-state index in [9.17, 15) is 13.2 Å². The van der Waals surface area contributed by atoms with Gasteiger partial charge in [-0.1, -0.05) is 26.0 Å². The Labute approximate surface area is 189 Å². The second-order valence-electron chi connectivity index (χ2n) is 8.11. The number of amides is 1. The van der Waals surface area contributed by atoms with Crippen molar-refractivity contribution in [2.45, 2.75) is 33.6 Å². The first kappa shape index (κ1) is 23.4. The summed E-state index contributed by atoms with van der Waals surface area (Å²) in [5.41, 5.74) is 5.41. The lowest BCUT2D eigenvalue weighted by Gasteiger charge is -2.14. The fraction of sp³-hybridized carbons (Fsp3) is 0.292. The van der Waals surface area contributed by atoms with Crippen LogP contribution < -0.4 is 14.8 Å². The second-order valence-corrected chi connectivity index (χ2v) is 9.86. The number of aromatic nitrogens is 1. The van der Waals surface area contributed by atoms with Crippen LogP contribution >= 0.6 is 0 Å². The largest absolute Gasteiger partial charge is 0.494 e. The summed E-state index contributed by atoms with van der Waals surface area (Å²) < 4.78 is 32.8. The standard InChI is InChI=1S/C24H29N3O4S/c1-15(2)18-8-7-9-20(13-18)27-16(3)12-21(17(27)4)24(28)25-19-10-11-22(23(14-19)31-5)26-32(6,29)30/h7-15,26H,1-6H3,(H,25,28). The average Bonchev–Trinajstić information content (AvgIpc) is 3.02. The molecular formula is C24H29N3O4S. The van der Waals surface area contributed by atoms with E-state index >= 15 is 0 Å². The molecule has 0 radical (unpaired) electrons. The molecule has 7 nitrogen and oxygen atoms in total. The van der Waals surface area contributed by atoms with Crippen molar-refractivity contribution in [3.63, 3.8) is 0 Å². The van der Waals surface area contributed by atoms with Gasteiger partial charge in [-0.15, -0.1) is 0 Å². The molecule has 0 unspecified atom stereocenters. The van der Waals surface area contributed by atoms with E-state index in [1.807, 2.05) is 32.0 Å². The molecule has 2 N–H and O–H groups in total. The van der Waals surface area contributed by atoms with Gasteiger partial charge in [-0.25, -0.2) is 8.42 Å². The zero-order valence-corrected chi connectivity index (χ0v) is 20.0. The normalized spacial score (nSPS) is 11.5. The highest BCUT2D eigenvalue weighted by atomic mass is 32.2. The Kier molecular flexibility index (Phi) is 6.64. The molecule has 0 saturated heterocycles. The first-order chi connectivity index (χ1) is 15.0. The van der Waals surface area contributed by atoms with Gasteiger partial charge in [-0.3, -0.25) is 9.52 Å². The van der Waals surface area contributed by atoms with Crippen LogP contribution in [0.5, 0.6) is 5.75 Å². The van der Waals surface area contributed by atoms with Gasteiger partial charge in [0.1, 0.15) is 5.75 Å². The maximum absolute atomic E-state index is 13.0. The summed E-state index contributed by atoms with van der Waals surface area (Å²) in [6.07, 6.45) is 1.06. The lowest BCUT2D eigenvalue weighted by atomic mass is 10.0. The Hall–Kier alpha value is -3.26. The summed E-state index contributed by atoms with van der Waals surface area (Å²) >= 11 is 0. The minimum atomic E-state index is -3.45. The second kappa shape index (κ2) is 9.08. The van der Waals surface area contributed by atoms with Crippen LogP contribution in [-0.2, 0) is 10.0 Å². The number of benzene rings is 2. The zero-order chi connectivity index (χ0) is 23.6. The molecule has 8 heteroatoms. The van der Waals surface area contributed by atoms with Gasteiger partial charge in [0, 0.05) is 28.8 Å². The summed E-state index contributed by atoms with van der Waals surface area (Å²) in [6, 6.07) is 14.9. The van der Waals surface area contributed by atoms with Gasteiger partial charge in [0.25, 0.3) is 5.91 Å². The van der Waals surface area contributed by atoms with Gasteiger partial charge in [0.05, 0.1) is 24.6 Å². The van der Waals surface area contributed by atoms with Crippen LogP contribution in [0.2, 0.25) is 0 Å². The number of carbonyl (C=O) groups excluding carboxylic acids is 1. The predicted molar refractivity (Wildman–Crippen MR) is 129 cm³/mol. The van der Waals surface area contributed by atoms with E-state index in [4.69, 9.17) is 4.74 Å². The van der Waals surface area contributed by atoms with E-state index in [1.165, 1.54) is 12.7 Å². The Bertz CT molecular complexity index is 1260. The predicted octanol–water partition coefficient (Wildman–Crippen LogP) is 4.85. The third-order valence-electron chi connectivity index (χ3n) is 5.23. The fourth-order valence-corrected chi connectivity index (χ4v) is 4.23. The van der Waals surface area contributed by atoms with Crippen molar-refractivity contribution < 1.29 is 17.9 Å². The van der Waals surface area contributed by atoms with Gasteiger partial charge in [-0.05, 0) is 55.7 Å². The number of hydrogen-bond acceptors (Lipinski definition) is 4. The smallest absolute Gasteiger partial charge is 0.257 e. The van der Waals surface area contributed by atoms with Crippen LogP contribution in [0.4, 0.5) is 11.4 Å². The highest BCUT2D eigenvalue weighted by molar-refractivity contribution is 7.92. The van der Waals surface area contributed by atoms with E-state index < -0.39 is 10.0 Å². The molecule has 0 fully saturated rings. The number of anilines is 2. The molecular weight excluding hydrogens is 426 g/mol. The molecule has 170 valence electrons. The number of methoxy groups -OCH3 is 1. The molecule has 0 atom stereocenters. The van der Waals surface area contributed by atoms with E-state index in [-0.39, 0.29) is 5.91 Å². The van der Waals surface area contributed by atoms with Crippen molar-refractivity contribution in [1.82, 2.24) is 4.57 Å². The number of nitrogens with one attached hydrogen (secondary N) is 2. The molecule has 0 spiro atoms. The van der Waals surface area contributed by atoms with E-state index in [0.717, 1.165) is 23.3 Å². The Morgan fingerprint density at radius 1 is 1.06 bits per heavy atom. The Morgan fingerprint density at radius 2 is 1.78 bits per heavy atom. The highest BCUT2D eigenvalue weighted by Gasteiger charge is 2.18. The molecule has 1 heterocycles. The number of carbonyl (C=O) groups is 1. The van der Waals surface area contributed by atoms with Crippen molar-refractivity contribution in [2.75, 3.05) is 23.4 Å². The van der Waals surface area contributed by atoms with Crippen molar-refractivity contribution in [2.24, 2.45) is 0 Å². The first-order valence-electron chi connectivity index (χ1n) is 10.3. The van der Waals surface area contributed by atoms with E-state index in [2.05, 4.69) is 40.6 Å². The maximum atomic E-state index is 13.0. The molecule has 1 amide bonds. The van der Waals surface area contributed by atoms with E-state index in [0.29, 0.717) is 28.6 Å². The van der Waals surface area contributed by atoms with E-state index in [1.54, 1.807) is 18.2 Å². The zero-order valence-electron chi connectivity index (χ0n) is 19.2. The van der Waals surface area contributed by atoms with Gasteiger partial charge in [0.15, 0.2) is 0 Å². The maximum Gasteiger partial charge on any atom is 0.257 e. The third-order valence-corrected chi connectivity index (χ3v) is 5.82. The summed E-state index contributed by atoms with van der Waals surface area (Å²) in [4.78, 5) is 13.0. The van der Waals surface area contributed by atoms with Gasteiger partial charge < -0.3 is 14.6 Å². The molecule has 0 saturated carbocycles. The molecule has 2 aromatic carbocycles. The number of ether oxygens (including phenoxy) is 1. The van der Waals surface area contributed by atoms with Crippen molar-refractivity contribution >= 4 is 27.3 Å². The summed E-state index contributed by atoms with van der Waals surface area (Å²) in [5, 5.41) is 2.88. The van der Waals surface area contributed by atoms with Crippen LogP contribution in [0.25, 0.3) is 5.69 Å². The lowest BCUT2D eigenvalue weighted by Crippen LogP contribution is -2.14. The summed E-state index contributed by atoms with van der Waals surface area (Å²) in [6.45, 7) is 8.20. The number of nitrogens with zero attached hydrogens (tertiary/aromatic N) is 1. The molecule has 3 aromatic rings. The topological polar surface area (TPSA) is 89.4 Å². The van der Waals surface area contributed by atoms with Crippen molar-refractivity contribution in [3.8, 4) is 11.4 Å². The molecule has 0 aliphatic rings. The highest BCUT2D eigenvalue weighted by Crippen LogP contribution is 2.30. The average molecular weight is 456 g/mol. The molecule has 0 bridgehead atoms. The quantitative estimate of drug-likeness (QED) is 0.533. The fourth-order valence-electron chi connectivity index (χ4n) is 3.66. The summed E-state index contributed by atoms with van der Waals surface area (Å²) in [7, 11) is -2.01. The van der Waals surface area contributed by atoms with Crippen LogP contribution in [0.1, 0.15) is 47.1 Å². The minimum absolute atomic E-state index is 0.254. The van der Waals surface area contributed by atoms with Gasteiger partial charge in [-0.2, -0.15) is 0 Å². The number of hydrogen-bond donors (Lipinski definition) is 2. The minimum Gasteiger partial charge on any atom is -0.494 e. The van der Waals surface area contributed by atoms with Crippen molar-refractivity contribution in [1.29, 1.82) is 0 Å². The van der Waals surface area contributed by atoms with Crippen LogP contribution in [0.15, 0.2) is 48.5 Å². The number of aryl methyl sites for hydroxylation is 1. The molecule has 3 rings (SSSR count). The Balaban J connectivity index is 1.90. The number of rotatable bonds is 7. The Morgan fingerprint density at radius 3 is 2.41 bits per heavy atom. The molecule has 0 aliphatic heterocycles. The molecule has 0 aliphatic carbocycles.